The number of halogens is 1. The van der Waals surface area contributed by atoms with E-state index in [-0.39, 0.29) is 37.1 Å². The fourth-order valence-corrected chi connectivity index (χ4v) is 3.76. The number of anilines is 1. The van der Waals surface area contributed by atoms with Crippen LogP contribution in [0.2, 0.25) is 5.02 Å². The normalized spacial score (nSPS) is 13.6. The first kappa shape index (κ1) is 21.7. The van der Waals surface area contributed by atoms with Gasteiger partial charge in [0.15, 0.2) is 0 Å². The maximum absolute atomic E-state index is 13.1. The smallest absolute Gasteiger partial charge is 0.254 e. The fourth-order valence-electron chi connectivity index (χ4n) is 3.55. The Morgan fingerprint density at radius 3 is 2.41 bits per heavy atom. The summed E-state index contributed by atoms with van der Waals surface area (Å²) in [4.78, 5) is 39.7. The lowest BCUT2D eigenvalue weighted by atomic mass is 10.1. The molecule has 1 fully saturated rings. The van der Waals surface area contributed by atoms with Crippen molar-refractivity contribution in [3.8, 4) is 11.5 Å². The summed E-state index contributed by atoms with van der Waals surface area (Å²) >= 11 is 6.19. The van der Waals surface area contributed by atoms with Crippen LogP contribution in [0.15, 0.2) is 52.9 Å². The van der Waals surface area contributed by atoms with Crippen molar-refractivity contribution in [1.29, 1.82) is 0 Å². The highest BCUT2D eigenvalue weighted by atomic mass is 35.5. The predicted molar refractivity (Wildman–Crippen MR) is 118 cm³/mol. The maximum atomic E-state index is 13.1. The van der Waals surface area contributed by atoms with E-state index in [4.69, 9.17) is 16.0 Å². The Morgan fingerprint density at radius 2 is 1.75 bits per heavy atom. The van der Waals surface area contributed by atoms with E-state index in [9.17, 15) is 14.4 Å². The van der Waals surface area contributed by atoms with Gasteiger partial charge in [0.05, 0.1) is 22.8 Å². The van der Waals surface area contributed by atoms with Gasteiger partial charge in [-0.2, -0.15) is 0 Å². The molecule has 32 heavy (non-hydrogen) atoms. The molecule has 0 atom stereocenters. The Balaban J connectivity index is 1.50. The summed E-state index contributed by atoms with van der Waals surface area (Å²) in [6.45, 7) is 2.61. The first-order valence-corrected chi connectivity index (χ1v) is 10.7. The van der Waals surface area contributed by atoms with Crippen LogP contribution in [0, 0.1) is 0 Å². The van der Waals surface area contributed by atoms with Crippen molar-refractivity contribution in [2.45, 2.75) is 32.7 Å². The Labute approximate surface area is 189 Å². The molecule has 1 saturated heterocycles. The second kappa shape index (κ2) is 9.32. The van der Waals surface area contributed by atoms with E-state index in [1.165, 1.54) is 0 Å². The number of amides is 3. The van der Waals surface area contributed by atoms with Crippen LogP contribution >= 0.6 is 11.6 Å². The Morgan fingerprint density at radius 1 is 1.06 bits per heavy atom. The van der Waals surface area contributed by atoms with E-state index in [1.807, 2.05) is 19.1 Å². The van der Waals surface area contributed by atoms with Crippen LogP contribution in [0.3, 0.4) is 0 Å². The van der Waals surface area contributed by atoms with Gasteiger partial charge in [0.25, 0.3) is 5.91 Å². The average Bonchev–Trinajstić information content (AvgIpc) is 3.39. The Kier molecular flexibility index (Phi) is 6.32. The van der Waals surface area contributed by atoms with Gasteiger partial charge in [-0.15, -0.1) is 10.2 Å². The minimum Gasteiger partial charge on any atom is -0.419 e. The minimum absolute atomic E-state index is 0.148. The maximum Gasteiger partial charge on any atom is 0.254 e. The number of hydrogen-bond donors (Lipinski definition) is 0. The molecule has 1 aliphatic rings. The quantitative estimate of drug-likeness (QED) is 0.501. The molecule has 2 aromatic carbocycles. The third-order valence-corrected chi connectivity index (χ3v) is 5.43. The number of carbonyl (C=O) groups is 3. The van der Waals surface area contributed by atoms with E-state index >= 15 is 0 Å². The van der Waals surface area contributed by atoms with Crippen molar-refractivity contribution < 1.29 is 18.8 Å². The molecule has 0 spiro atoms. The number of aromatic nitrogens is 2. The van der Waals surface area contributed by atoms with E-state index in [1.54, 1.807) is 41.3 Å². The van der Waals surface area contributed by atoms with Gasteiger partial charge in [-0.25, -0.2) is 0 Å². The van der Waals surface area contributed by atoms with Gasteiger partial charge in [-0.3, -0.25) is 19.3 Å². The molecule has 0 saturated carbocycles. The van der Waals surface area contributed by atoms with Crippen LogP contribution in [0.25, 0.3) is 11.5 Å². The number of hydrogen-bond acceptors (Lipinski definition) is 6. The fraction of sp³-hybridized carbons (Fsp3) is 0.261. The molecule has 0 aliphatic carbocycles. The van der Waals surface area contributed by atoms with Crippen LogP contribution < -0.4 is 4.90 Å². The lowest BCUT2D eigenvalue weighted by Crippen LogP contribution is -2.32. The highest BCUT2D eigenvalue weighted by Crippen LogP contribution is 2.27. The predicted octanol–water partition coefficient (Wildman–Crippen LogP) is 4.10. The molecule has 2 heterocycles. The first-order chi connectivity index (χ1) is 15.5. The standard InChI is InChI=1S/C23H21ClN4O4/c1-2-13-27(14-19-25-26-22(32-19)17-5-3-4-6-18(17)24)23(31)15-7-9-16(10-8-15)28-20(29)11-12-21(28)30/h3-10H,2,11-14H2,1H3. The van der Waals surface area contributed by atoms with E-state index in [2.05, 4.69) is 10.2 Å². The Bertz CT molecular complexity index is 1140. The van der Waals surface area contributed by atoms with Crippen molar-refractivity contribution in [1.82, 2.24) is 15.1 Å². The number of carbonyl (C=O) groups excluding carboxylic acids is 3. The van der Waals surface area contributed by atoms with Gasteiger partial charge in [-0.1, -0.05) is 30.7 Å². The minimum atomic E-state index is -0.229. The number of benzene rings is 2. The van der Waals surface area contributed by atoms with Crippen molar-refractivity contribution in [2.24, 2.45) is 0 Å². The highest BCUT2D eigenvalue weighted by molar-refractivity contribution is 6.33. The van der Waals surface area contributed by atoms with E-state index < -0.39 is 0 Å². The van der Waals surface area contributed by atoms with Gasteiger partial charge in [0, 0.05) is 24.9 Å². The van der Waals surface area contributed by atoms with E-state index in [0.717, 1.165) is 11.3 Å². The topological polar surface area (TPSA) is 96.6 Å². The van der Waals surface area contributed by atoms with Crippen LogP contribution in [-0.4, -0.2) is 39.4 Å². The zero-order valence-corrected chi connectivity index (χ0v) is 18.2. The first-order valence-electron chi connectivity index (χ1n) is 10.3. The lowest BCUT2D eigenvalue weighted by molar-refractivity contribution is -0.121. The molecule has 4 rings (SSSR count). The largest absolute Gasteiger partial charge is 0.419 e. The molecular weight excluding hydrogens is 432 g/mol. The van der Waals surface area contributed by atoms with Crippen molar-refractivity contribution in [2.75, 3.05) is 11.4 Å². The second-order valence-electron chi connectivity index (χ2n) is 7.38. The molecule has 1 aliphatic heterocycles. The monoisotopic (exact) mass is 452 g/mol. The SMILES string of the molecule is CCCN(Cc1nnc(-c2ccccc2Cl)o1)C(=O)c1ccc(N2C(=O)CCC2=O)cc1. The molecule has 1 aromatic heterocycles. The van der Waals surface area contributed by atoms with Gasteiger partial charge in [0.1, 0.15) is 0 Å². The summed E-state index contributed by atoms with van der Waals surface area (Å²) in [5, 5.41) is 8.62. The molecule has 8 nitrogen and oxygen atoms in total. The van der Waals surface area contributed by atoms with Crippen molar-refractivity contribution in [3.63, 3.8) is 0 Å². The lowest BCUT2D eigenvalue weighted by Gasteiger charge is -2.21. The average molecular weight is 453 g/mol. The number of imide groups is 1. The van der Waals surface area contributed by atoms with Crippen LogP contribution in [-0.2, 0) is 16.1 Å². The zero-order chi connectivity index (χ0) is 22.7. The summed E-state index contributed by atoms with van der Waals surface area (Å²) < 4.78 is 5.74. The summed E-state index contributed by atoms with van der Waals surface area (Å²) in [5.41, 5.74) is 1.53. The molecule has 0 unspecified atom stereocenters. The van der Waals surface area contributed by atoms with Gasteiger partial charge >= 0.3 is 0 Å². The van der Waals surface area contributed by atoms with Crippen molar-refractivity contribution >= 4 is 35.0 Å². The van der Waals surface area contributed by atoms with Crippen LogP contribution in [0.5, 0.6) is 0 Å². The van der Waals surface area contributed by atoms with E-state index in [0.29, 0.717) is 40.2 Å². The molecule has 0 bridgehead atoms. The Hall–Kier alpha value is -3.52. The van der Waals surface area contributed by atoms with Gasteiger partial charge in [-0.05, 0) is 42.8 Å². The van der Waals surface area contributed by atoms with Crippen molar-refractivity contribution in [3.05, 3.63) is 65.0 Å². The summed E-state index contributed by atoms with van der Waals surface area (Å²) in [6.07, 6.45) is 1.17. The van der Waals surface area contributed by atoms with Crippen LogP contribution in [0.1, 0.15) is 42.4 Å². The second-order valence-corrected chi connectivity index (χ2v) is 7.78. The molecule has 0 radical (unpaired) electrons. The molecule has 9 heteroatoms. The molecule has 0 N–H and O–H groups in total. The third kappa shape index (κ3) is 4.40. The molecule has 3 amide bonds. The van der Waals surface area contributed by atoms with Gasteiger partial charge in [0.2, 0.25) is 23.6 Å². The summed E-state index contributed by atoms with van der Waals surface area (Å²) in [6, 6.07) is 13.6. The molecule has 164 valence electrons. The molecular formula is C23H21ClN4O4. The van der Waals surface area contributed by atoms with Gasteiger partial charge < -0.3 is 9.32 Å². The highest BCUT2D eigenvalue weighted by Gasteiger charge is 2.30. The number of rotatable bonds is 7. The third-order valence-electron chi connectivity index (χ3n) is 5.10. The number of nitrogens with zero attached hydrogens (tertiary/aromatic N) is 4. The van der Waals surface area contributed by atoms with Crippen LogP contribution in [0.4, 0.5) is 5.69 Å². The molecule has 3 aromatic rings. The summed E-state index contributed by atoms with van der Waals surface area (Å²) in [5.74, 6) is -0.0832. The zero-order valence-electron chi connectivity index (χ0n) is 17.5. The summed E-state index contributed by atoms with van der Waals surface area (Å²) in [7, 11) is 0.